The first-order valence-corrected chi connectivity index (χ1v) is 5.82. The molecule has 3 heteroatoms. The molecule has 1 aromatic carbocycles. The molecule has 1 saturated carbocycles. The lowest BCUT2D eigenvalue weighted by Crippen LogP contribution is -2.10. The van der Waals surface area contributed by atoms with Gasteiger partial charge in [-0.2, -0.15) is 5.90 Å². The summed E-state index contributed by atoms with van der Waals surface area (Å²) in [6.07, 6.45) is 6.52. The van der Waals surface area contributed by atoms with Crippen LogP contribution >= 0.6 is 0 Å². The molecule has 1 aliphatic carbocycles. The predicted molar refractivity (Wildman–Crippen MR) is 61.9 cm³/mol. The molecule has 0 aromatic heterocycles. The summed E-state index contributed by atoms with van der Waals surface area (Å²) in [5.74, 6) is 5.02. The second-order valence-electron chi connectivity index (χ2n) is 4.36. The lowest BCUT2D eigenvalue weighted by atomic mass is 9.84. The van der Waals surface area contributed by atoms with Gasteiger partial charge in [0.15, 0.2) is 0 Å². The number of carbonyl (C=O) groups is 1. The van der Waals surface area contributed by atoms with Crippen LogP contribution in [-0.2, 0) is 4.84 Å². The second kappa shape index (κ2) is 5.12. The summed E-state index contributed by atoms with van der Waals surface area (Å²) in [5.41, 5.74) is 1.84. The van der Waals surface area contributed by atoms with Crippen molar-refractivity contribution in [3.05, 3.63) is 35.4 Å². The van der Waals surface area contributed by atoms with Gasteiger partial charge >= 0.3 is 5.97 Å². The van der Waals surface area contributed by atoms with E-state index < -0.39 is 5.97 Å². The van der Waals surface area contributed by atoms with Gasteiger partial charge < -0.3 is 4.84 Å². The molecular weight excluding hydrogens is 202 g/mol. The molecule has 1 fully saturated rings. The Morgan fingerprint density at radius 3 is 2.31 bits per heavy atom. The van der Waals surface area contributed by atoms with Crippen LogP contribution in [0, 0.1) is 0 Å². The molecule has 2 rings (SSSR count). The van der Waals surface area contributed by atoms with E-state index in [1.165, 1.54) is 37.7 Å². The third kappa shape index (κ3) is 2.42. The summed E-state index contributed by atoms with van der Waals surface area (Å²) in [5, 5.41) is 0. The fourth-order valence-electron chi connectivity index (χ4n) is 2.40. The van der Waals surface area contributed by atoms with Gasteiger partial charge in [-0.1, -0.05) is 31.4 Å². The van der Waals surface area contributed by atoms with Crippen molar-refractivity contribution in [3.63, 3.8) is 0 Å². The van der Waals surface area contributed by atoms with E-state index in [4.69, 9.17) is 5.90 Å². The summed E-state index contributed by atoms with van der Waals surface area (Å²) in [6, 6.07) is 7.61. The van der Waals surface area contributed by atoms with E-state index in [0.717, 1.165) is 0 Å². The Bertz CT molecular complexity index is 353. The molecular formula is C13H17NO2. The van der Waals surface area contributed by atoms with Crippen LogP contribution < -0.4 is 5.90 Å². The van der Waals surface area contributed by atoms with E-state index in [0.29, 0.717) is 11.5 Å². The molecule has 3 nitrogen and oxygen atoms in total. The molecule has 0 bridgehead atoms. The smallest absolute Gasteiger partial charge is 0.356 e. The van der Waals surface area contributed by atoms with Crippen LogP contribution in [0.15, 0.2) is 24.3 Å². The first-order chi connectivity index (χ1) is 7.81. The Balaban J connectivity index is 2.09. The van der Waals surface area contributed by atoms with Crippen molar-refractivity contribution < 1.29 is 9.63 Å². The standard InChI is InChI=1S/C13H17NO2/c14-16-13(15)12-8-6-11(7-9-12)10-4-2-1-3-5-10/h6-10H,1-5,14H2. The van der Waals surface area contributed by atoms with Gasteiger partial charge in [-0.15, -0.1) is 0 Å². The molecule has 0 spiro atoms. The first-order valence-electron chi connectivity index (χ1n) is 5.82. The molecule has 16 heavy (non-hydrogen) atoms. The van der Waals surface area contributed by atoms with Gasteiger partial charge in [-0.25, -0.2) is 4.79 Å². The van der Waals surface area contributed by atoms with Crippen molar-refractivity contribution in [3.8, 4) is 0 Å². The number of carbonyl (C=O) groups excluding carboxylic acids is 1. The summed E-state index contributed by atoms with van der Waals surface area (Å²) in [7, 11) is 0. The van der Waals surface area contributed by atoms with Gasteiger partial charge in [0, 0.05) is 0 Å². The number of rotatable bonds is 2. The predicted octanol–water partition coefficient (Wildman–Crippen LogP) is 2.76. The van der Waals surface area contributed by atoms with Crippen LogP contribution in [0.1, 0.15) is 53.9 Å². The van der Waals surface area contributed by atoms with E-state index in [-0.39, 0.29) is 0 Å². The van der Waals surface area contributed by atoms with Crippen LogP contribution in [-0.4, -0.2) is 5.97 Å². The Labute approximate surface area is 95.5 Å². The van der Waals surface area contributed by atoms with Crippen LogP contribution in [0.4, 0.5) is 0 Å². The number of benzene rings is 1. The molecule has 0 heterocycles. The number of hydrogen-bond acceptors (Lipinski definition) is 3. The molecule has 0 saturated heterocycles. The molecule has 86 valence electrons. The zero-order valence-corrected chi connectivity index (χ0v) is 9.32. The van der Waals surface area contributed by atoms with Crippen molar-refractivity contribution in [2.45, 2.75) is 38.0 Å². The van der Waals surface area contributed by atoms with Crippen LogP contribution in [0.3, 0.4) is 0 Å². The third-order valence-electron chi connectivity index (χ3n) is 3.33. The highest BCUT2D eigenvalue weighted by Gasteiger charge is 2.15. The summed E-state index contributed by atoms with van der Waals surface area (Å²) < 4.78 is 0. The third-order valence-corrected chi connectivity index (χ3v) is 3.33. The first kappa shape index (κ1) is 11.1. The Morgan fingerprint density at radius 2 is 1.75 bits per heavy atom. The van der Waals surface area contributed by atoms with Crippen molar-refractivity contribution in [2.24, 2.45) is 5.90 Å². The Kier molecular flexibility index (Phi) is 3.57. The maximum atomic E-state index is 11.2. The topological polar surface area (TPSA) is 52.3 Å². The summed E-state index contributed by atoms with van der Waals surface area (Å²) >= 11 is 0. The largest absolute Gasteiger partial charge is 0.370 e. The van der Waals surface area contributed by atoms with Crippen LogP contribution in [0.2, 0.25) is 0 Å². The van der Waals surface area contributed by atoms with Gasteiger partial charge in [0.1, 0.15) is 0 Å². The maximum absolute atomic E-state index is 11.2. The molecule has 0 aliphatic heterocycles. The minimum Gasteiger partial charge on any atom is -0.370 e. The normalized spacial score (nSPS) is 17.1. The fraction of sp³-hybridized carbons (Fsp3) is 0.462. The van der Waals surface area contributed by atoms with E-state index in [1.807, 2.05) is 12.1 Å². The Hall–Kier alpha value is -1.35. The van der Waals surface area contributed by atoms with E-state index in [2.05, 4.69) is 4.84 Å². The molecule has 0 atom stereocenters. The van der Waals surface area contributed by atoms with Gasteiger partial charge in [0.2, 0.25) is 0 Å². The maximum Gasteiger partial charge on any atom is 0.356 e. The number of nitrogens with two attached hydrogens (primary N) is 1. The zero-order chi connectivity index (χ0) is 11.4. The van der Waals surface area contributed by atoms with E-state index in [9.17, 15) is 4.79 Å². The van der Waals surface area contributed by atoms with Gasteiger partial charge in [0.05, 0.1) is 5.56 Å². The zero-order valence-electron chi connectivity index (χ0n) is 9.32. The lowest BCUT2D eigenvalue weighted by molar-refractivity contribution is 0.0503. The Morgan fingerprint density at radius 1 is 1.12 bits per heavy atom. The van der Waals surface area contributed by atoms with Crippen molar-refractivity contribution in [2.75, 3.05) is 0 Å². The van der Waals surface area contributed by atoms with Gasteiger partial charge in [-0.05, 0) is 36.5 Å². The van der Waals surface area contributed by atoms with Crippen molar-refractivity contribution in [1.82, 2.24) is 0 Å². The molecule has 1 aromatic rings. The molecule has 2 N–H and O–H groups in total. The average molecular weight is 219 g/mol. The average Bonchev–Trinajstić information content (AvgIpc) is 2.39. The SMILES string of the molecule is NOC(=O)c1ccc(C2CCCCC2)cc1. The highest BCUT2D eigenvalue weighted by Crippen LogP contribution is 2.32. The molecule has 1 aliphatic rings. The van der Waals surface area contributed by atoms with Crippen molar-refractivity contribution in [1.29, 1.82) is 0 Å². The van der Waals surface area contributed by atoms with Gasteiger partial charge in [-0.3, -0.25) is 0 Å². The highest BCUT2D eigenvalue weighted by molar-refractivity contribution is 5.89. The van der Waals surface area contributed by atoms with Crippen LogP contribution in [0.5, 0.6) is 0 Å². The fourth-order valence-corrected chi connectivity index (χ4v) is 2.40. The summed E-state index contributed by atoms with van der Waals surface area (Å²) in [6.45, 7) is 0. The lowest BCUT2D eigenvalue weighted by Gasteiger charge is -2.21. The molecule has 0 unspecified atom stereocenters. The second-order valence-corrected chi connectivity index (χ2v) is 4.36. The highest BCUT2D eigenvalue weighted by atomic mass is 16.7. The van der Waals surface area contributed by atoms with Gasteiger partial charge in [0.25, 0.3) is 0 Å². The van der Waals surface area contributed by atoms with E-state index >= 15 is 0 Å². The monoisotopic (exact) mass is 219 g/mol. The minimum absolute atomic E-state index is 0.477. The van der Waals surface area contributed by atoms with Crippen LogP contribution in [0.25, 0.3) is 0 Å². The van der Waals surface area contributed by atoms with Crippen molar-refractivity contribution >= 4 is 5.97 Å². The minimum atomic E-state index is -0.477. The summed E-state index contributed by atoms with van der Waals surface area (Å²) in [4.78, 5) is 15.3. The quantitative estimate of drug-likeness (QED) is 0.778. The molecule has 0 radical (unpaired) electrons. The van der Waals surface area contributed by atoms with E-state index in [1.54, 1.807) is 12.1 Å². The molecule has 0 amide bonds. The number of hydrogen-bond donors (Lipinski definition) is 1.